The first-order valence-electron chi connectivity index (χ1n) is 7.47. The lowest BCUT2D eigenvalue weighted by Crippen LogP contribution is -2.30. The van der Waals surface area contributed by atoms with Crippen LogP contribution in [0.3, 0.4) is 0 Å². The quantitative estimate of drug-likeness (QED) is 0.759. The molecular formula is C18H15Cl2NO5. The molecule has 136 valence electrons. The minimum absolute atomic E-state index is 0.0404. The van der Waals surface area contributed by atoms with Crippen LogP contribution in [0, 0.1) is 0 Å². The van der Waals surface area contributed by atoms with Crippen LogP contribution in [-0.2, 0) is 20.9 Å². The van der Waals surface area contributed by atoms with Crippen molar-refractivity contribution in [3.05, 3.63) is 69.2 Å². The Morgan fingerprint density at radius 3 is 2.54 bits per heavy atom. The summed E-state index contributed by atoms with van der Waals surface area (Å²) in [5.74, 6) is -1.63. The Kier molecular flexibility index (Phi) is 7.00. The van der Waals surface area contributed by atoms with Crippen LogP contribution < -0.4 is 5.32 Å². The van der Waals surface area contributed by atoms with Crippen molar-refractivity contribution in [2.45, 2.75) is 6.61 Å². The van der Waals surface area contributed by atoms with E-state index in [1.165, 1.54) is 25.3 Å². The summed E-state index contributed by atoms with van der Waals surface area (Å²) >= 11 is 11.7. The normalized spacial score (nSPS) is 10.1. The zero-order valence-corrected chi connectivity index (χ0v) is 15.3. The van der Waals surface area contributed by atoms with Crippen LogP contribution in [0.25, 0.3) is 0 Å². The predicted octanol–water partition coefficient (Wildman–Crippen LogP) is 3.25. The Morgan fingerprint density at radius 2 is 1.85 bits per heavy atom. The van der Waals surface area contributed by atoms with Crippen LogP contribution >= 0.6 is 23.2 Å². The Hall–Kier alpha value is -2.57. The van der Waals surface area contributed by atoms with Gasteiger partial charge in [-0.1, -0.05) is 35.3 Å². The van der Waals surface area contributed by atoms with E-state index in [1.54, 1.807) is 24.3 Å². The van der Waals surface area contributed by atoms with E-state index < -0.39 is 17.8 Å². The van der Waals surface area contributed by atoms with Gasteiger partial charge in [-0.2, -0.15) is 0 Å². The van der Waals surface area contributed by atoms with E-state index in [9.17, 15) is 14.4 Å². The largest absolute Gasteiger partial charge is 0.465 e. The average Bonchev–Trinajstić information content (AvgIpc) is 2.64. The Balaban J connectivity index is 1.85. The molecule has 0 fully saturated rings. The van der Waals surface area contributed by atoms with Crippen molar-refractivity contribution in [3.8, 4) is 0 Å². The number of rotatable bonds is 6. The van der Waals surface area contributed by atoms with E-state index in [-0.39, 0.29) is 23.7 Å². The number of ether oxygens (including phenoxy) is 2. The second-order valence-corrected chi connectivity index (χ2v) is 6.00. The highest BCUT2D eigenvalue weighted by molar-refractivity contribution is 6.36. The number of amides is 1. The van der Waals surface area contributed by atoms with Crippen molar-refractivity contribution in [2.75, 3.05) is 13.7 Å². The lowest BCUT2D eigenvalue weighted by Gasteiger charge is -2.08. The third-order valence-electron chi connectivity index (χ3n) is 3.32. The SMILES string of the molecule is COC(=O)c1cccc(COC(=O)CNC(=O)c2ccc(Cl)cc2Cl)c1. The number of hydrogen-bond acceptors (Lipinski definition) is 5. The summed E-state index contributed by atoms with van der Waals surface area (Å²) in [4.78, 5) is 35.3. The van der Waals surface area contributed by atoms with E-state index in [0.29, 0.717) is 16.1 Å². The monoisotopic (exact) mass is 395 g/mol. The number of methoxy groups -OCH3 is 1. The van der Waals surface area contributed by atoms with Gasteiger partial charge in [-0.05, 0) is 35.9 Å². The van der Waals surface area contributed by atoms with E-state index in [2.05, 4.69) is 10.1 Å². The average molecular weight is 396 g/mol. The zero-order chi connectivity index (χ0) is 19.1. The van der Waals surface area contributed by atoms with E-state index in [1.807, 2.05) is 0 Å². The van der Waals surface area contributed by atoms with Gasteiger partial charge in [-0.25, -0.2) is 4.79 Å². The topological polar surface area (TPSA) is 81.7 Å². The summed E-state index contributed by atoms with van der Waals surface area (Å²) in [5, 5.41) is 3.01. The van der Waals surface area contributed by atoms with Gasteiger partial charge in [0.15, 0.2) is 0 Å². The molecule has 0 unspecified atom stereocenters. The van der Waals surface area contributed by atoms with Crippen molar-refractivity contribution in [1.82, 2.24) is 5.32 Å². The van der Waals surface area contributed by atoms with Crippen molar-refractivity contribution in [3.63, 3.8) is 0 Å². The summed E-state index contributed by atoms with van der Waals surface area (Å²) in [5.41, 5.74) is 1.18. The lowest BCUT2D eigenvalue weighted by molar-refractivity contribution is -0.143. The molecule has 2 aromatic rings. The molecule has 0 saturated carbocycles. The molecule has 0 aliphatic rings. The van der Waals surface area contributed by atoms with Crippen LogP contribution in [0.1, 0.15) is 26.3 Å². The molecule has 0 aliphatic heterocycles. The van der Waals surface area contributed by atoms with E-state index in [4.69, 9.17) is 27.9 Å². The van der Waals surface area contributed by atoms with E-state index >= 15 is 0 Å². The Labute approximate surface area is 160 Å². The Morgan fingerprint density at radius 1 is 1.08 bits per heavy atom. The number of hydrogen-bond donors (Lipinski definition) is 1. The van der Waals surface area contributed by atoms with Gasteiger partial charge < -0.3 is 14.8 Å². The van der Waals surface area contributed by atoms with Crippen LogP contribution in [0.4, 0.5) is 0 Å². The highest BCUT2D eigenvalue weighted by atomic mass is 35.5. The molecule has 26 heavy (non-hydrogen) atoms. The lowest BCUT2D eigenvalue weighted by atomic mass is 10.1. The molecule has 0 aliphatic carbocycles. The molecule has 2 aromatic carbocycles. The summed E-state index contributed by atoms with van der Waals surface area (Å²) in [6.45, 7) is -0.365. The molecule has 0 spiro atoms. The third kappa shape index (κ3) is 5.47. The predicted molar refractivity (Wildman–Crippen MR) is 96.4 cm³/mol. The van der Waals surface area contributed by atoms with Gasteiger partial charge in [0.25, 0.3) is 5.91 Å². The maximum atomic E-state index is 12.0. The first-order valence-corrected chi connectivity index (χ1v) is 8.22. The van der Waals surface area contributed by atoms with Crippen molar-refractivity contribution in [1.29, 1.82) is 0 Å². The third-order valence-corrected chi connectivity index (χ3v) is 3.86. The number of nitrogens with one attached hydrogen (secondary N) is 1. The van der Waals surface area contributed by atoms with Crippen LogP contribution in [0.15, 0.2) is 42.5 Å². The fourth-order valence-electron chi connectivity index (χ4n) is 2.04. The van der Waals surface area contributed by atoms with Crippen molar-refractivity contribution >= 4 is 41.0 Å². The van der Waals surface area contributed by atoms with Crippen molar-refractivity contribution < 1.29 is 23.9 Å². The highest BCUT2D eigenvalue weighted by Gasteiger charge is 2.13. The van der Waals surface area contributed by atoms with E-state index in [0.717, 1.165) is 0 Å². The van der Waals surface area contributed by atoms with Crippen LogP contribution in [0.5, 0.6) is 0 Å². The molecule has 0 atom stereocenters. The second-order valence-electron chi connectivity index (χ2n) is 5.16. The molecule has 0 aromatic heterocycles. The number of benzene rings is 2. The first kappa shape index (κ1) is 19.8. The molecule has 0 bridgehead atoms. The standard InChI is InChI=1S/C18H15Cl2NO5/c1-25-18(24)12-4-2-3-11(7-12)10-26-16(22)9-21-17(23)14-6-5-13(19)8-15(14)20/h2-8H,9-10H2,1H3,(H,21,23). The number of carbonyl (C=O) groups is 3. The van der Waals surface area contributed by atoms with Crippen molar-refractivity contribution in [2.24, 2.45) is 0 Å². The molecule has 1 amide bonds. The first-order chi connectivity index (χ1) is 12.4. The summed E-state index contributed by atoms with van der Waals surface area (Å²) < 4.78 is 9.70. The molecule has 0 saturated heterocycles. The molecule has 0 heterocycles. The van der Waals surface area contributed by atoms with Gasteiger partial charge in [-0.3, -0.25) is 9.59 Å². The fraction of sp³-hybridized carbons (Fsp3) is 0.167. The number of esters is 2. The minimum atomic E-state index is -0.632. The molecule has 0 radical (unpaired) electrons. The van der Waals surface area contributed by atoms with Gasteiger partial charge in [0.1, 0.15) is 13.2 Å². The maximum absolute atomic E-state index is 12.0. The van der Waals surface area contributed by atoms with Gasteiger partial charge in [0.05, 0.1) is 23.3 Å². The summed E-state index contributed by atoms with van der Waals surface area (Å²) in [6, 6.07) is 10.9. The van der Waals surface area contributed by atoms with Gasteiger partial charge >= 0.3 is 11.9 Å². The molecule has 2 rings (SSSR count). The van der Waals surface area contributed by atoms with Crippen LogP contribution in [-0.4, -0.2) is 31.5 Å². The molecule has 1 N–H and O–H groups in total. The Bertz CT molecular complexity index is 838. The van der Waals surface area contributed by atoms with Crippen LogP contribution in [0.2, 0.25) is 10.0 Å². The molecule has 6 nitrogen and oxygen atoms in total. The number of carbonyl (C=O) groups excluding carboxylic acids is 3. The minimum Gasteiger partial charge on any atom is -0.465 e. The van der Waals surface area contributed by atoms with Gasteiger partial charge in [0.2, 0.25) is 0 Å². The second kappa shape index (κ2) is 9.22. The molecular weight excluding hydrogens is 381 g/mol. The zero-order valence-electron chi connectivity index (χ0n) is 13.8. The molecule has 8 heteroatoms. The van der Waals surface area contributed by atoms with Gasteiger partial charge in [0, 0.05) is 5.02 Å². The maximum Gasteiger partial charge on any atom is 0.337 e. The summed E-state index contributed by atoms with van der Waals surface area (Å²) in [6.07, 6.45) is 0. The fourth-order valence-corrected chi connectivity index (χ4v) is 2.54. The smallest absolute Gasteiger partial charge is 0.337 e. The number of halogens is 2. The van der Waals surface area contributed by atoms with Gasteiger partial charge in [-0.15, -0.1) is 0 Å². The summed E-state index contributed by atoms with van der Waals surface area (Å²) in [7, 11) is 1.28. The highest BCUT2D eigenvalue weighted by Crippen LogP contribution is 2.20.